The number of aliphatic hydroxyl groups is 1. The number of hydrogen-bond acceptors (Lipinski definition) is 3. The maximum absolute atomic E-state index is 10.0. The minimum Gasteiger partial charge on any atom is -0.491 e. The van der Waals surface area contributed by atoms with Crippen molar-refractivity contribution in [3.8, 4) is 5.75 Å². The molecule has 0 radical (unpaired) electrons. The lowest BCUT2D eigenvalue weighted by Crippen LogP contribution is -2.19. The summed E-state index contributed by atoms with van der Waals surface area (Å²) in [6.07, 6.45) is -0.489. The lowest BCUT2D eigenvalue weighted by molar-refractivity contribution is 0.126. The van der Waals surface area contributed by atoms with E-state index in [1.807, 2.05) is 42.5 Å². The predicted octanol–water partition coefficient (Wildman–Crippen LogP) is 4.37. The van der Waals surface area contributed by atoms with Crippen LogP contribution in [0.15, 0.2) is 77.7 Å². The van der Waals surface area contributed by atoms with Crippen LogP contribution in [0.1, 0.15) is 0 Å². The van der Waals surface area contributed by atoms with Crippen molar-refractivity contribution in [3.63, 3.8) is 0 Å². The van der Waals surface area contributed by atoms with Crippen molar-refractivity contribution >= 4 is 22.5 Å². The van der Waals surface area contributed by atoms with Crippen LogP contribution in [0.25, 0.3) is 10.8 Å². The van der Waals surface area contributed by atoms with Crippen LogP contribution in [0, 0.1) is 0 Å². The molecule has 1 atom stereocenters. The minimum atomic E-state index is -0.489. The smallest absolute Gasteiger partial charge is 0.119 e. The predicted molar refractivity (Wildman–Crippen MR) is 92.6 cm³/mol. The number of aliphatic hydroxyl groups excluding tert-OH is 1. The Labute approximate surface area is 134 Å². The second-order valence-corrected chi connectivity index (χ2v) is 6.19. The molecule has 0 aliphatic heterocycles. The second-order valence-electron chi connectivity index (χ2n) is 5.10. The first-order valence-electron chi connectivity index (χ1n) is 7.29. The van der Waals surface area contributed by atoms with E-state index >= 15 is 0 Å². The third-order valence-electron chi connectivity index (χ3n) is 3.35. The molecule has 0 fully saturated rings. The van der Waals surface area contributed by atoms with Crippen molar-refractivity contribution in [1.29, 1.82) is 0 Å². The fourth-order valence-corrected chi connectivity index (χ4v) is 3.06. The van der Waals surface area contributed by atoms with Gasteiger partial charge in [-0.25, -0.2) is 0 Å². The molecule has 0 aromatic heterocycles. The zero-order valence-corrected chi connectivity index (χ0v) is 13.0. The van der Waals surface area contributed by atoms with Gasteiger partial charge in [-0.3, -0.25) is 0 Å². The highest BCUT2D eigenvalue weighted by Crippen LogP contribution is 2.24. The molecular formula is C19H18O2S. The van der Waals surface area contributed by atoms with Gasteiger partial charge >= 0.3 is 0 Å². The average Bonchev–Trinajstić information content (AvgIpc) is 2.59. The summed E-state index contributed by atoms with van der Waals surface area (Å²) in [4.78, 5) is 1.16. The summed E-state index contributed by atoms with van der Waals surface area (Å²) in [5.41, 5.74) is 0. The second kappa shape index (κ2) is 7.34. The van der Waals surface area contributed by atoms with E-state index < -0.39 is 6.10 Å². The Balaban J connectivity index is 1.52. The monoisotopic (exact) mass is 310 g/mol. The van der Waals surface area contributed by atoms with Crippen molar-refractivity contribution in [3.05, 3.63) is 72.8 Å². The van der Waals surface area contributed by atoms with E-state index in [1.54, 1.807) is 11.8 Å². The zero-order valence-electron chi connectivity index (χ0n) is 12.2. The third kappa shape index (κ3) is 4.03. The van der Waals surface area contributed by atoms with E-state index in [0.29, 0.717) is 12.4 Å². The van der Waals surface area contributed by atoms with Gasteiger partial charge in [0.1, 0.15) is 12.4 Å². The van der Waals surface area contributed by atoms with Gasteiger partial charge in [-0.05, 0) is 35.0 Å². The Bertz CT molecular complexity index is 728. The highest BCUT2D eigenvalue weighted by atomic mass is 32.2. The first-order valence-corrected chi connectivity index (χ1v) is 8.27. The number of rotatable bonds is 6. The number of thioether (sulfide) groups is 1. The molecule has 112 valence electrons. The summed E-state index contributed by atoms with van der Waals surface area (Å²) in [5.74, 6) is 1.41. The lowest BCUT2D eigenvalue weighted by atomic mass is 10.1. The summed E-state index contributed by atoms with van der Waals surface area (Å²) in [6.45, 7) is 0.310. The van der Waals surface area contributed by atoms with Gasteiger partial charge in [0.05, 0.1) is 6.10 Å². The molecule has 0 saturated carbocycles. The molecule has 0 aliphatic rings. The SMILES string of the molecule is OC(COc1ccccc1)CSc1ccc2ccccc2c1. The van der Waals surface area contributed by atoms with Crippen LogP contribution in [0.3, 0.4) is 0 Å². The van der Waals surface area contributed by atoms with Crippen molar-refractivity contribution in [2.75, 3.05) is 12.4 Å². The molecule has 3 aromatic rings. The largest absolute Gasteiger partial charge is 0.491 e. The van der Waals surface area contributed by atoms with Crippen LogP contribution in [-0.2, 0) is 0 Å². The fraction of sp³-hybridized carbons (Fsp3) is 0.158. The molecule has 3 aromatic carbocycles. The standard InChI is InChI=1S/C19H18O2S/c20-17(13-21-18-8-2-1-3-9-18)14-22-19-11-10-15-6-4-5-7-16(15)12-19/h1-12,17,20H,13-14H2. The van der Waals surface area contributed by atoms with Crippen LogP contribution in [-0.4, -0.2) is 23.6 Å². The Morgan fingerprint density at radius 1 is 0.864 bits per heavy atom. The molecule has 1 N–H and O–H groups in total. The molecule has 0 amide bonds. The van der Waals surface area contributed by atoms with Crippen molar-refractivity contribution < 1.29 is 9.84 Å². The van der Waals surface area contributed by atoms with Gasteiger partial charge in [0.2, 0.25) is 0 Å². The Morgan fingerprint density at radius 3 is 2.41 bits per heavy atom. The number of hydrogen-bond donors (Lipinski definition) is 1. The van der Waals surface area contributed by atoms with Crippen molar-refractivity contribution in [2.24, 2.45) is 0 Å². The lowest BCUT2D eigenvalue weighted by Gasteiger charge is -2.12. The van der Waals surface area contributed by atoms with Gasteiger partial charge in [0.25, 0.3) is 0 Å². The van der Waals surface area contributed by atoms with Gasteiger partial charge in [0, 0.05) is 10.6 Å². The van der Waals surface area contributed by atoms with E-state index in [2.05, 4.69) is 30.3 Å². The van der Waals surface area contributed by atoms with E-state index in [-0.39, 0.29) is 0 Å². The van der Waals surface area contributed by atoms with Gasteiger partial charge in [0.15, 0.2) is 0 Å². The summed E-state index contributed by atoms with van der Waals surface area (Å²) in [7, 11) is 0. The maximum atomic E-state index is 10.0. The molecule has 1 unspecified atom stereocenters. The molecule has 0 heterocycles. The van der Waals surface area contributed by atoms with Crippen molar-refractivity contribution in [1.82, 2.24) is 0 Å². The molecule has 3 rings (SSSR count). The van der Waals surface area contributed by atoms with Gasteiger partial charge in [-0.15, -0.1) is 11.8 Å². The summed E-state index contributed by atoms with van der Waals surface area (Å²) in [6, 6.07) is 24.2. The van der Waals surface area contributed by atoms with E-state index in [4.69, 9.17) is 4.74 Å². The fourth-order valence-electron chi connectivity index (χ4n) is 2.21. The molecule has 0 bridgehead atoms. The quantitative estimate of drug-likeness (QED) is 0.686. The van der Waals surface area contributed by atoms with Crippen LogP contribution in [0.4, 0.5) is 0 Å². The van der Waals surface area contributed by atoms with E-state index in [1.165, 1.54) is 10.8 Å². The first kappa shape index (κ1) is 14.9. The summed E-state index contributed by atoms with van der Waals surface area (Å²) in [5, 5.41) is 12.5. The van der Waals surface area contributed by atoms with Crippen LogP contribution >= 0.6 is 11.8 Å². The molecule has 0 spiro atoms. The van der Waals surface area contributed by atoms with Gasteiger partial charge in [-0.1, -0.05) is 48.5 Å². The molecule has 2 nitrogen and oxygen atoms in total. The number of fused-ring (bicyclic) bond motifs is 1. The first-order chi connectivity index (χ1) is 10.8. The van der Waals surface area contributed by atoms with Crippen LogP contribution < -0.4 is 4.74 Å². The van der Waals surface area contributed by atoms with E-state index in [9.17, 15) is 5.11 Å². The number of ether oxygens (including phenoxy) is 1. The highest BCUT2D eigenvalue weighted by molar-refractivity contribution is 7.99. The zero-order chi connectivity index (χ0) is 15.2. The van der Waals surface area contributed by atoms with Crippen molar-refractivity contribution in [2.45, 2.75) is 11.0 Å². The molecular weight excluding hydrogens is 292 g/mol. The normalized spacial score (nSPS) is 12.2. The van der Waals surface area contributed by atoms with Gasteiger partial charge in [-0.2, -0.15) is 0 Å². The summed E-state index contributed by atoms with van der Waals surface area (Å²) < 4.78 is 5.56. The average molecular weight is 310 g/mol. The molecule has 0 aliphatic carbocycles. The third-order valence-corrected chi connectivity index (χ3v) is 4.49. The van der Waals surface area contributed by atoms with E-state index in [0.717, 1.165) is 10.6 Å². The highest BCUT2D eigenvalue weighted by Gasteiger charge is 2.07. The van der Waals surface area contributed by atoms with Crippen LogP contribution in [0.2, 0.25) is 0 Å². The maximum Gasteiger partial charge on any atom is 0.119 e. The molecule has 22 heavy (non-hydrogen) atoms. The Hall–Kier alpha value is -1.97. The number of para-hydroxylation sites is 1. The summed E-state index contributed by atoms with van der Waals surface area (Å²) >= 11 is 1.65. The molecule has 3 heteroatoms. The Morgan fingerprint density at radius 2 is 1.59 bits per heavy atom. The van der Waals surface area contributed by atoms with Gasteiger partial charge < -0.3 is 9.84 Å². The topological polar surface area (TPSA) is 29.5 Å². The number of benzene rings is 3. The Kier molecular flexibility index (Phi) is 4.99. The minimum absolute atomic E-state index is 0.310. The molecule has 0 saturated heterocycles. The van der Waals surface area contributed by atoms with Crippen LogP contribution in [0.5, 0.6) is 5.75 Å².